The fraction of sp³-hybridized carbons (Fsp3) is 0.178. The average molecular weight is 633 g/mol. The first-order chi connectivity index (χ1) is 23.6. The highest BCUT2D eigenvalue weighted by atomic mass is 15.1. The van der Waals surface area contributed by atoms with Gasteiger partial charge in [0, 0.05) is 31.0 Å². The van der Waals surface area contributed by atoms with Crippen LogP contribution in [0.1, 0.15) is 68.9 Å². The van der Waals surface area contributed by atoms with Crippen LogP contribution in [0.15, 0.2) is 146 Å². The molecule has 1 heterocycles. The number of allylic oxidation sites excluding steroid dienone is 9. The molecule has 4 N–H and O–H groups in total. The Hall–Kier alpha value is -5.25. The van der Waals surface area contributed by atoms with E-state index in [-0.39, 0.29) is 0 Å². The van der Waals surface area contributed by atoms with Crippen LogP contribution in [0.25, 0.3) is 33.2 Å². The minimum absolute atomic E-state index is 0.488. The van der Waals surface area contributed by atoms with Crippen molar-refractivity contribution in [2.24, 2.45) is 11.5 Å². The molecule has 0 saturated carbocycles. The number of hydrogen-bond acceptors (Lipinski definition) is 2. The van der Waals surface area contributed by atoms with Gasteiger partial charge in [0.2, 0.25) is 17.1 Å². The molecule has 1 aliphatic heterocycles. The summed E-state index contributed by atoms with van der Waals surface area (Å²) < 4.78 is 2.41. The first-order valence-corrected chi connectivity index (χ1v) is 17.2. The van der Waals surface area contributed by atoms with Crippen LogP contribution in [-0.4, -0.2) is 16.8 Å². The first-order valence-electron chi connectivity index (χ1n) is 17.2. The Bertz CT molecular complexity index is 1980. The lowest BCUT2D eigenvalue weighted by Crippen LogP contribution is -2.31. The quantitative estimate of drug-likeness (QED) is 0.142. The van der Waals surface area contributed by atoms with Crippen molar-refractivity contribution in [3.05, 3.63) is 174 Å². The zero-order valence-electron chi connectivity index (χ0n) is 29.3. The summed E-state index contributed by atoms with van der Waals surface area (Å²) in [6.45, 7) is 18.4. The molecule has 0 atom stereocenters. The van der Waals surface area contributed by atoms with Crippen LogP contribution in [0.5, 0.6) is 0 Å². The number of fused-ring (bicyclic) bond motifs is 3. The summed E-state index contributed by atoms with van der Waals surface area (Å²) in [5, 5.41) is 2.35. The molecule has 244 valence electrons. The molecule has 4 aromatic rings. The Kier molecular flexibility index (Phi) is 12.7. The predicted octanol–water partition coefficient (Wildman–Crippen LogP) is 11.0. The van der Waals surface area contributed by atoms with E-state index in [0.717, 1.165) is 34.9 Å². The molecule has 0 aromatic heterocycles. The lowest BCUT2D eigenvalue weighted by atomic mass is 9.81. The summed E-state index contributed by atoms with van der Waals surface area (Å²) >= 11 is 0. The molecule has 2 aliphatic rings. The van der Waals surface area contributed by atoms with Crippen molar-refractivity contribution in [1.82, 2.24) is 0 Å². The number of nitrogens with zero attached hydrogens (tertiary/aromatic N) is 1. The number of benzene rings is 4. The van der Waals surface area contributed by atoms with Crippen molar-refractivity contribution in [2.45, 2.75) is 47.5 Å². The molecule has 0 fully saturated rings. The number of hydrogen-bond donors (Lipinski definition) is 2. The molecular weight excluding hydrogens is 583 g/mol. The second-order valence-corrected chi connectivity index (χ2v) is 11.0. The molecule has 0 unspecified atom stereocenters. The lowest BCUT2D eigenvalue weighted by molar-refractivity contribution is -0.344. The number of aryl methyl sites for hydroxylation is 1. The third-order valence-corrected chi connectivity index (χ3v) is 8.67. The minimum atomic E-state index is 0.488. The third-order valence-electron chi connectivity index (χ3n) is 8.67. The minimum Gasteiger partial charge on any atom is -0.404 e. The van der Waals surface area contributed by atoms with E-state index in [1.165, 1.54) is 55.9 Å². The van der Waals surface area contributed by atoms with Crippen LogP contribution in [0.3, 0.4) is 0 Å². The van der Waals surface area contributed by atoms with Gasteiger partial charge in [-0.3, -0.25) is 0 Å². The van der Waals surface area contributed by atoms with Gasteiger partial charge >= 0.3 is 0 Å². The maximum atomic E-state index is 6.06. The summed E-state index contributed by atoms with van der Waals surface area (Å²) in [5.74, 6) is 0. The summed E-state index contributed by atoms with van der Waals surface area (Å²) in [7, 11) is 0. The highest BCUT2D eigenvalue weighted by Gasteiger charge is 2.42. The Labute approximate surface area is 288 Å². The molecule has 3 heteroatoms. The fourth-order valence-electron chi connectivity index (χ4n) is 6.50. The Morgan fingerprint density at radius 2 is 1.46 bits per heavy atom. The van der Waals surface area contributed by atoms with E-state index in [0.29, 0.717) is 6.54 Å². The molecule has 3 nitrogen and oxygen atoms in total. The SMILES string of the molecule is C=C/C=C(\CN)c1ccc2c(c1)CCC1=C2[N+](c2ccccc2)=C1/C=C\C(=C/C)c1ccc(/C(C=C)=C/N)c2ccccc12.CC.CC. The van der Waals surface area contributed by atoms with Crippen LogP contribution in [-0.2, 0) is 6.42 Å². The number of rotatable bonds is 9. The lowest BCUT2D eigenvalue weighted by Gasteiger charge is -2.28. The molecule has 4 aromatic carbocycles. The second kappa shape index (κ2) is 17.1. The Morgan fingerprint density at radius 3 is 2.04 bits per heavy atom. The van der Waals surface area contributed by atoms with Crippen LogP contribution >= 0.6 is 0 Å². The average Bonchev–Trinajstić information content (AvgIpc) is 3.15. The van der Waals surface area contributed by atoms with Crippen LogP contribution in [0.4, 0.5) is 5.69 Å². The van der Waals surface area contributed by atoms with Crippen molar-refractivity contribution in [3.8, 4) is 0 Å². The van der Waals surface area contributed by atoms with Gasteiger partial charge in [0.25, 0.3) is 0 Å². The number of para-hydroxylation sites is 1. The van der Waals surface area contributed by atoms with Crippen molar-refractivity contribution in [2.75, 3.05) is 6.54 Å². The van der Waals surface area contributed by atoms with Gasteiger partial charge in [0.15, 0.2) is 0 Å². The van der Waals surface area contributed by atoms with Gasteiger partial charge in [-0.2, -0.15) is 4.58 Å². The zero-order chi connectivity index (χ0) is 34.6. The Morgan fingerprint density at radius 1 is 0.812 bits per heavy atom. The highest BCUT2D eigenvalue weighted by Crippen LogP contribution is 2.43. The van der Waals surface area contributed by atoms with Gasteiger partial charge in [0.1, 0.15) is 0 Å². The van der Waals surface area contributed by atoms with Gasteiger partial charge in [0.05, 0.1) is 11.1 Å². The summed E-state index contributed by atoms with van der Waals surface area (Å²) in [6.07, 6.45) is 16.0. The molecule has 0 spiro atoms. The molecule has 48 heavy (non-hydrogen) atoms. The Balaban J connectivity index is 0.00000125. The van der Waals surface area contributed by atoms with Crippen molar-refractivity contribution < 1.29 is 4.58 Å². The summed E-state index contributed by atoms with van der Waals surface area (Å²) in [4.78, 5) is 0. The van der Waals surface area contributed by atoms with Crippen LogP contribution in [0, 0.1) is 0 Å². The smallest absolute Gasteiger partial charge is 0.229 e. The number of nitrogens with two attached hydrogens (primary N) is 2. The predicted molar refractivity (Wildman–Crippen MR) is 212 cm³/mol. The van der Waals surface area contributed by atoms with E-state index in [1.807, 2.05) is 45.9 Å². The maximum Gasteiger partial charge on any atom is 0.229 e. The van der Waals surface area contributed by atoms with Crippen LogP contribution in [0.2, 0.25) is 0 Å². The van der Waals surface area contributed by atoms with E-state index >= 15 is 0 Å². The maximum absolute atomic E-state index is 6.06. The van der Waals surface area contributed by atoms with E-state index in [1.54, 1.807) is 6.20 Å². The summed E-state index contributed by atoms with van der Waals surface area (Å²) in [6, 6.07) is 30.3. The largest absolute Gasteiger partial charge is 0.404 e. The molecule has 6 rings (SSSR count). The van der Waals surface area contributed by atoms with Gasteiger partial charge in [-0.25, -0.2) is 0 Å². The van der Waals surface area contributed by atoms with Gasteiger partial charge in [-0.1, -0.05) is 132 Å². The van der Waals surface area contributed by atoms with Crippen molar-refractivity contribution in [3.63, 3.8) is 0 Å². The monoisotopic (exact) mass is 632 g/mol. The van der Waals surface area contributed by atoms with Crippen molar-refractivity contribution in [1.29, 1.82) is 0 Å². The normalized spacial score (nSPS) is 14.3. The third kappa shape index (κ3) is 6.88. The molecule has 0 amide bonds. The zero-order valence-corrected chi connectivity index (χ0v) is 29.3. The second-order valence-electron chi connectivity index (χ2n) is 11.0. The van der Waals surface area contributed by atoms with Gasteiger partial charge < -0.3 is 11.5 Å². The van der Waals surface area contributed by atoms with E-state index < -0.39 is 0 Å². The van der Waals surface area contributed by atoms with E-state index in [4.69, 9.17) is 11.5 Å². The molecule has 0 saturated heterocycles. The standard InChI is InChI=1S/C41H38N3.2C2H6/c1-4-12-32(27-43)30-17-20-36-31(25-30)18-21-39-40(44(41(36)39)33-13-8-7-9-14-33)24-19-28(5-2)34-22-23-35(29(6-3)26-42)38-16-11-10-15-37(34)38;2*1-2/h4-17,19-20,22-26H,1,3,18,21,27,42-43H2,2H3;2*1-2H3/q+1;;/b24-19-,28-5+,29-26+,32-12+;;. The van der Waals surface area contributed by atoms with E-state index in [9.17, 15) is 0 Å². The first kappa shape index (κ1) is 35.6. The molecule has 0 bridgehead atoms. The molecule has 1 aliphatic carbocycles. The van der Waals surface area contributed by atoms with Gasteiger partial charge in [-0.05, 0) is 81.7 Å². The van der Waals surface area contributed by atoms with Gasteiger partial charge in [-0.15, -0.1) is 0 Å². The molecular formula is C45H50N3+. The topological polar surface area (TPSA) is 55.0 Å². The fourth-order valence-corrected chi connectivity index (χ4v) is 6.50. The highest BCUT2D eigenvalue weighted by molar-refractivity contribution is 6.17. The van der Waals surface area contributed by atoms with E-state index in [2.05, 4.69) is 128 Å². The van der Waals surface area contributed by atoms with Crippen molar-refractivity contribution >= 4 is 44.6 Å². The molecule has 0 radical (unpaired) electrons. The van der Waals surface area contributed by atoms with Crippen LogP contribution < -0.4 is 11.5 Å². The summed E-state index contributed by atoms with van der Waals surface area (Å²) in [5.41, 5.74) is 26.4.